The van der Waals surface area contributed by atoms with Crippen LogP contribution in [0.3, 0.4) is 0 Å². The SMILES string of the molecule is Cc1cccc(Cl)c1NC(=O)c1ccccc1Nc1ccccc1. The van der Waals surface area contributed by atoms with E-state index in [4.69, 9.17) is 11.6 Å². The Morgan fingerprint density at radius 1 is 0.875 bits per heavy atom. The van der Waals surface area contributed by atoms with Crippen molar-refractivity contribution < 1.29 is 4.79 Å². The first-order valence-corrected chi connectivity index (χ1v) is 8.00. The molecule has 0 saturated heterocycles. The second-order valence-corrected chi connectivity index (χ2v) is 5.83. The molecule has 2 N–H and O–H groups in total. The zero-order valence-electron chi connectivity index (χ0n) is 13.2. The average molecular weight is 337 g/mol. The lowest BCUT2D eigenvalue weighted by Crippen LogP contribution is -2.15. The Balaban J connectivity index is 1.88. The van der Waals surface area contributed by atoms with Crippen molar-refractivity contribution in [2.24, 2.45) is 0 Å². The molecule has 3 rings (SSSR count). The summed E-state index contributed by atoms with van der Waals surface area (Å²) in [7, 11) is 0. The highest BCUT2D eigenvalue weighted by Gasteiger charge is 2.14. The average Bonchev–Trinajstić information content (AvgIpc) is 2.59. The number of hydrogen-bond acceptors (Lipinski definition) is 2. The van der Waals surface area contributed by atoms with Crippen molar-refractivity contribution in [1.82, 2.24) is 0 Å². The second kappa shape index (κ2) is 7.20. The summed E-state index contributed by atoms with van der Waals surface area (Å²) in [4.78, 5) is 12.7. The molecule has 0 aliphatic rings. The van der Waals surface area contributed by atoms with Crippen LogP contribution in [-0.4, -0.2) is 5.91 Å². The van der Waals surface area contributed by atoms with Crippen LogP contribution in [0.1, 0.15) is 15.9 Å². The molecule has 0 heterocycles. The van der Waals surface area contributed by atoms with Crippen LogP contribution in [0.2, 0.25) is 5.02 Å². The molecule has 0 aliphatic heterocycles. The summed E-state index contributed by atoms with van der Waals surface area (Å²) in [6.07, 6.45) is 0. The minimum Gasteiger partial charge on any atom is -0.355 e. The molecular weight excluding hydrogens is 320 g/mol. The number of hydrogen-bond donors (Lipinski definition) is 2. The molecule has 0 spiro atoms. The Bertz CT molecular complexity index is 842. The molecule has 3 aromatic rings. The maximum atomic E-state index is 12.7. The number of carbonyl (C=O) groups is 1. The third kappa shape index (κ3) is 3.58. The lowest BCUT2D eigenvalue weighted by molar-refractivity contribution is 0.102. The highest BCUT2D eigenvalue weighted by atomic mass is 35.5. The van der Waals surface area contributed by atoms with Crippen LogP contribution in [0.15, 0.2) is 72.8 Å². The van der Waals surface area contributed by atoms with Gasteiger partial charge in [0.05, 0.1) is 22.0 Å². The van der Waals surface area contributed by atoms with Gasteiger partial charge in [-0.2, -0.15) is 0 Å². The fourth-order valence-corrected chi connectivity index (χ4v) is 2.71. The monoisotopic (exact) mass is 336 g/mol. The Hall–Kier alpha value is -2.78. The molecule has 1 amide bonds. The number of amides is 1. The van der Waals surface area contributed by atoms with E-state index >= 15 is 0 Å². The van der Waals surface area contributed by atoms with E-state index < -0.39 is 0 Å². The summed E-state index contributed by atoms with van der Waals surface area (Å²) >= 11 is 6.20. The van der Waals surface area contributed by atoms with Crippen molar-refractivity contribution in [3.05, 3.63) is 88.9 Å². The van der Waals surface area contributed by atoms with Crippen molar-refractivity contribution in [3.63, 3.8) is 0 Å². The fraction of sp³-hybridized carbons (Fsp3) is 0.0500. The molecule has 3 aromatic carbocycles. The number of para-hydroxylation sites is 3. The smallest absolute Gasteiger partial charge is 0.257 e. The first-order chi connectivity index (χ1) is 11.6. The van der Waals surface area contributed by atoms with Crippen LogP contribution < -0.4 is 10.6 Å². The van der Waals surface area contributed by atoms with E-state index in [2.05, 4.69) is 10.6 Å². The summed E-state index contributed by atoms with van der Waals surface area (Å²) in [5.41, 5.74) is 3.78. The standard InChI is InChI=1S/C20H17ClN2O/c1-14-8-7-12-17(21)19(14)23-20(24)16-11-5-6-13-18(16)22-15-9-3-2-4-10-15/h2-13,22H,1H3,(H,23,24). The molecule has 0 radical (unpaired) electrons. The van der Waals surface area contributed by atoms with E-state index in [1.807, 2.05) is 67.6 Å². The number of benzene rings is 3. The van der Waals surface area contributed by atoms with E-state index in [9.17, 15) is 4.79 Å². The molecule has 0 unspecified atom stereocenters. The maximum absolute atomic E-state index is 12.7. The fourth-order valence-electron chi connectivity index (χ4n) is 2.44. The van der Waals surface area contributed by atoms with Crippen LogP contribution in [0.25, 0.3) is 0 Å². The molecule has 24 heavy (non-hydrogen) atoms. The van der Waals surface area contributed by atoms with Gasteiger partial charge in [0.2, 0.25) is 0 Å². The van der Waals surface area contributed by atoms with Crippen LogP contribution >= 0.6 is 11.6 Å². The van der Waals surface area contributed by atoms with Gasteiger partial charge in [0.1, 0.15) is 0 Å². The molecular formula is C20H17ClN2O. The van der Waals surface area contributed by atoms with E-state index in [1.54, 1.807) is 12.1 Å². The van der Waals surface area contributed by atoms with Gasteiger partial charge in [-0.25, -0.2) is 0 Å². The van der Waals surface area contributed by atoms with Gasteiger partial charge < -0.3 is 10.6 Å². The van der Waals surface area contributed by atoms with Gasteiger partial charge >= 0.3 is 0 Å². The molecule has 120 valence electrons. The Kier molecular flexibility index (Phi) is 4.82. The summed E-state index contributed by atoms with van der Waals surface area (Å²) in [6, 6.07) is 22.7. The number of rotatable bonds is 4. The van der Waals surface area contributed by atoms with Crippen molar-refractivity contribution in [2.45, 2.75) is 6.92 Å². The molecule has 0 fully saturated rings. The van der Waals surface area contributed by atoms with Crippen molar-refractivity contribution in [1.29, 1.82) is 0 Å². The highest BCUT2D eigenvalue weighted by Crippen LogP contribution is 2.27. The van der Waals surface area contributed by atoms with E-state index in [1.165, 1.54) is 0 Å². The molecule has 0 saturated carbocycles. The van der Waals surface area contributed by atoms with Gasteiger partial charge in [0.25, 0.3) is 5.91 Å². The zero-order valence-corrected chi connectivity index (χ0v) is 14.0. The summed E-state index contributed by atoms with van der Waals surface area (Å²) in [5.74, 6) is -0.203. The number of halogens is 1. The van der Waals surface area contributed by atoms with Crippen LogP contribution in [0, 0.1) is 6.92 Å². The van der Waals surface area contributed by atoms with Gasteiger partial charge in [-0.1, -0.05) is 54.1 Å². The molecule has 4 heteroatoms. The quantitative estimate of drug-likeness (QED) is 0.647. The predicted molar refractivity (Wildman–Crippen MR) is 100 cm³/mol. The van der Waals surface area contributed by atoms with E-state index in [0.717, 1.165) is 16.9 Å². The predicted octanol–water partition coefficient (Wildman–Crippen LogP) is 5.64. The summed E-state index contributed by atoms with van der Waals surface area (Å²) < 4.78 is 0. The Morgan fingerprint density at radius 2 is 1.58 bits per heavy atom. The van der Waals surface area contributed by atoms with Crippen molar-refractivity contribution in [2.75, 3.05) is 10.6 Å². The zero-order chi connectivity index (χ0) is 16.9. The van der Waals surface area contributed by atoms with Gasteiger partial charge in [-0.3, -0.25) is 4.79 Å². The number of anilines is 3. The van der Waals surface area contributed by atoms with Crippen LogP contribution in [-0.2, 0) is 0 Å². The van der Waals surface area contributed by atoms with Crippen LogP contribution in [0.4, 0.5) is 17.1 Å². The van der Waals surface area contributed by atoms with Crippen molar-refractivity contribution in [3.8, 4) is 0 Å². The molecule has 0 atom stereocenters. The van der Waals surface area contributed by atoms with Gasteiger partial charge in [-0.15, -0.1) is 0 Å². The van der Waals surface area contributed by atoms with Crippen LogP contribution in [0.5, 0.6) is 0 Å². The molecule has 0 aromatic heterocycles. The molecule has 0 bridgehead atoms. The van der Waals surface area contributed by atoms with E-state index in [0.29, 0.717) is 16.3 Å². The first-order valence-electron chi connectivity index (χ1n) is 7.63. The Morgan fingerprint density at radius 3 is 2.33 bits per heavy atom. The lowest BCUT2D eigenvalue weighted by atomic mass is 10.1. The largest absolute Gasteiger partial charge is 0.355 e. The Labute approximate surface area is 146 Å². The lowest BCUT2D eigenvalue weighted by Gasteiger charge is -2.14. The molecule has 3 nitrogen and oxygen atoms in total. The summed E-state index contributed by atoms with van der Waals surface area (Å²) in [6.45, 7) is 1.91. The van der Waals surface area contributed by atoms with E-state index in [-0.39, 0.29) is 5.91 Å². The normalized spacial score (nSPS) is 10.2. The summed E-state index contributed by atoms with van der Waals surface area (Å²) in [5, 5.41) is 6.71. The van der Waals surface area contributed by atoms with Gasteiger partial charge in [0.15, 0.2) is 0 Å². The van der Waals surface area contributed by atoms with Gasteiger partial charge in [0, 0.05) is 5.69 Å². The third-order valence-corrected chi connectivity index (χ3v) is 4.00. The second-order valence-electron chi connectivity index (χ2n) is 5.42. The third-order valence-electron chi connectivity index (χ3n) is 3.68. The maximum Gasteiger partial charge on any atom is 0.257 e. The van der Waals surface area contributed by atoms with Gasteiger partial charge in [-0.05, 0) is 42.8 Å². The number of carbonyl (C=O) groups excluding carboxylic acids is 1. The first kappa shape index (κ1) is 16.1. The minimum absolute atomic E-state index is 0.203. The molecule has 0 aliphatic carbocycles. The number of nitrogens with one attached hydrogen (secondary N) is 2. The minimum atomic E-state index is -0.203. The number of aryl methyl sites for hydroxylation is 1. The van der Waals surface area contributed by atoms with Crippen molar-refractivity contribution >= 4 is 34.6 Å². The highest BCUT2D eigenvalue weighted by molar-refractivity contribution is 6.34. The topological polar surface area (TPSA) is 41.1 Å².